The van der Waals surface area contributed by atoms with E-state index in [1.54, 1.807) is 0 Å². The van der Waals surface area contributed by atoms with Crippen molar-refractivity contribution in [3.05, 3.63) is 51.8 Å². The zero-order chi connectivity index (χ0) is 15.8. The van der Waals surface area contributed by atoms with Gasteiger partial charge < -0.3 is 4.90 Å². The summed E-state index contributed by atoms with van der Waals surface area (Å²) in [6, 6.07) is 7.90. The van der Waals surface area contributed by atoms with E-state index in [2.05, 4.69) is 10.2 Å². The maximum absolute atomic E-state index is 13.1. The second-order valence-corrected chi connectivity index (χ2v) is 6.82. The molecule has 4 nitrogen and oxygen atoms in total. The number of nitrogens with one attached hydrogen (secondary N) is 1. The largest absolute Gasteiger partial charge is 0.330 e. The van der Waals surface area contributed by atoms with Crippen molar-refractivity contribution in [2.75, 3.05) is 6.54 Å². The summed E-state index contributed by atoms with van der Waals surface area (Å²) in [7, 11) is 0. The highest BCUT2D eigenvalue weighted by molar-refractivity contribution is 6.31. The number of fused-ring (bicyclic) bond motifs is 1. The Kier molecular flexibility index (Phi) is 3.85. The SMILES string of the molecule is O=C(c1n[nH]c2c1CCCC2)N1CCC[C@@H]1c1ccccc1Cl. The van der Waals surface area contributed by atoms with Gasteiger partial charge in [0.25, 0.3) is 5.91 Å². The number of aromatic amines is 1. The Morgan fingerprint density at radius 2 is 2.04 bits per heavy atom. The Morgan fingerprint density at radius 3 is 2.91 bits per heavy atom. The van der Waals surface area contributed by atoms with Crippen LogP contribution in [0.15, 0.2) is 24.3 Å². The molecule has 0 saturated carbocycles. The molecule has 4 rings (SSSR count). The minimum absolute atomic E-state index is 0.0480. The third-order valence-corrected chi connectivity index (χ3v) is 5.38. The fraction of sp³-hybridized carbons (Fsp3) is 0.444. The molecule has 1 fully saturated rings. The highest BCUT2D eigenvalue weighted by atomic mass is 35.5. The Morgan fingerprint density at radius 1 is 1.22 bits per heavy atom. The van der Waals surface area contributed by atoms with Crippen LogP contribution in [0.25, 0.3) is 0 Å². The quantitative estimate of drug-likeness (QED) is 0.907. The number of carbonyl (C=O) groups is 1. The average molecular weight is 330 g/mol. The fourth-order valence-corrected chi connectivity index (χ4v) is 4.13. The first-order chi connectivity index (χ1) is 11.3. The number of carbonyl (C=O) groups excluding carboxylic acids is 1. The van der Waals surface area contributed by atoms with Gasteiger partial charge in [0, 0.05) is 22.8 Å². The molecule has 0 spiro atoms. The zero-order valence-corrected chi connectivity index (χ0v) is 13.8. The van der Waals surface area contributed by atoms with Gasteiger partial charge in [-0.3, -0.25) is 9.89 Å². The molecule has 23 heavy (non-hydrogen) atoms. The molecule has 120 valence electrons. The van der Waals surface area contributed by atoms with Gasteiger partial charge in [-0.05, 0) is 50.2 Å². The van der Waals surface area contributed by atoms with Crippen LogP contribution in [-0.2, 0) is 12.8 Å². The molecule has 1 N–H and O–H groups in total. The lowest BCUT2D eigenvalue weighted by Crippen LogP contribution is -2.31. The first-order valence-corrected chi connectivity index (χ1v) is 8.75. The summed E-state index contributed by atoms with van der Waals surface area (Å²) in [6.07, 6.45) is 6.24. The Labute approximate surface area is 140 Å². The normalized spacial score (nSPS) is 20.6. The molecule has 1 atom stereocenters. The molecule has 1 aromatic heterocycles. The van der Waals surface area contributed by atoms with Gasteiger partial charge in [0.15, 0.2) is 5.69 Å². The van der Waals surface area contributed by atoms with E-state index in [1.807, 2.05) is 29.2 Å². The van der Waals surface area contributed by atoms with E-state index >= 15 is 0 Å². The van der Waals surface area contributed by atoms with E-state index in [0.29, 0.717) is 5.69 Å². The van der Waals surface area contributed by atoms with Crippen molar-refractivity contribution in [2.24, 2.45) is 0 Å². The number of nitrogens with zero attached hydrogens (tertiary/aromatic N) is 2. The third kappa shape index (κ3) is 2.55. The van der Waals surface area contributed by atoms with Gasteiger partial charge >= 0.3 is 0 Å². The summed E-state index contributed by atoms with van der Waals surface area (Å²) in [4.78, 5) is 15.0. The highest BCUT2D eigenvalue weighted by Crippen LogP contribution is 2.37. The van der Waals surface area contributed by atoms with Crippen LogP contribution < -0.4 is 0 Å². The predicted octanol–water partition coefficient (Wildman–Crippen LogP) is 3.92. The number of rotatable bonds is 2. The summed E-state index contributed by atoms with van der Waals surface area (Å²) < 4.78 is 0. The molecule has 2 aromatic rings. The molecule has 1 saturated heterocycles. The van der Waals surface area contributed by atoms with Crippen molar-refractivity contribution >= 4 is 17.5 Å². The van der Waals surface area contributed by atoms with Crippen LogP contribution >= 0.6 is 11.6 Å². The Hall–Kier alpha value is -1.81. The number of benzene rings is 1. The lowest BCUT2D eigenvalue weighted by Gasteiger charge is -2.25. The first-order valence-electron chi connectivity index (χ1n) is 8.37. The van der Waals surface area contributed by atoms with E-state index in [0.717, 1.165) is 60.5 Å². The molecule has 1 aliphatic heterocycles. The summed E-state index contributed by atoms with van der Waals surface area (Å²) in [5.41, 5.74) is 3.95. The first kappa shape index (κ1) is 14.8. The van der Waals surface area contributed by atoms with Crippen molar-refractivity contribution in [3.63, 3.8) is 0 Å². The van der Waals surface area contributed by atoms with E-state index in [9.17, 15) is 4.79 Å². The van der Waals surface area contributed by atoms with Gasteiger partial charge in [0.2, 0.25) is 0 Å². The zero-order valence-electron chi connectivity index (χ0n) is 13.0. The third-order valence-electron chi connectivity index (χ3n) is 5.04. The van der Waals surface area contributed by atoms with Crippen LogP contribution in [-0.4, -0.2) is 27.5 Å². The van der Waals surface area contributed by atoms with Crippen molar-refractivity contribution in [2.45, 2.75) is 44.6 Å². The molecule has 1 aliphatic carbocycles. The highest BCUT2D eigenvalue weighted by Gasteiger charge is 2.34. The van der Waals surface area contributed by atoms with Gasteiger partial charge in [0.1, 0.15) is 0 Å². The van der Waals surface area contributed by atoms with Gasteiger partial charge in [0.05, 0.1) is 6.04 Å². The smallest absolute Gasteiger partial charge is 0.275 e. The molecule has 1 amide bonds. The molecule has 2 heterocycles. The van der Waals surface area contributed by atoms with Gasteiger partial charge in [-0.15, -0.1) is 0 Å². The second-order valence-electron chi connectivity index (χ2n) is 6.41. The molecule has 0 radical (unpaired) electrons. The maximum Gasteiger partial charge on any atom is 0.275 e. The van der Waals surface area contributed by atoms with Crippen LogP contribution in [0, 0.1) is 0 Å². The topological polar surface area (TPSA) is 49.0 Å². The van der Waals surface area contributed by atoms with Crippen molar-refractivity contribution < 1.29 is 4.79 Å². The van der Waals surface area contributed by atoms with Crippen molar-refractivity contribution in [1.82, 2.24) is 15.1 Å². The van der Waals surface area contributed by atoms with Crippen molar-refractivity contribution in [3.8, 4) is 0 Å². The lowest BCUT2D eigenvalue weighted by molar-refractivity contribution is 0.0728. The molecule has 2 aliphatic rings. The van der Waals surface area contributed by atoms with E-state index < -0.39 is 0 Å². The Bertz CT molecular complexity index is 740. The number of aryl methyl sites for hydroxylation is 1. The Balaban J connectivity index is 1.65. The maximum atomic E-state index is 13.1. The minimum atomic E-state index is 0.0480. The van der Waals surface area contributed by atoms with Crippen LogP contribution in [0.4, 0.5) is 0 Å². The number of hydrogen-bond acceptors (Lipinski definition) is 2. The number of hydrogen-bond donors (Lipinski definition) is 1. The molecule has 0 unspecified atom stereocenters. The minimum Gasteiger partial charge on any atom is -0.330 e. The fourth-order valence-electron chi connectivity index (χ4n) is 3.87. The van der Waals surface area contributed by atoms with Crippen molar-refractivity contribution in [1.29, 1.82) is 0 Å². The number of amides is 1. The predicted molar refractivity (Wildman–Crippen MR) is 89.7 cm³/mol. The van der Waals surface area contributed by atoms with Crippen LogP contribution in [0.5, 0.6) is 0 Å². The standard InChI is InChI=1S/C18H20ClN3O/c19-14-8-3-1-6-12(14)16-10-5-11-22(16)18(23)17-13-7-2-4-9-15(13)20-21-17/h1,3,6,8,16H,2,4-5,7,9-11H2,(H,20,21)/t16-/m1/s1. The van der Waals surface area contributed by atoms with Gasteiger partial charge in [-0.1, -0.05) is 29.8 Å². The van der Waals surface area contributed by atoms with E-state index in [-0.39, 0.29) is 11.9 Å². The summed E-state index contributed by atoms with van der Waals surface area (Å²) in [5.74, 6) is 0.0480. The second kappa shape index (κ2) is 6.00. The van der Waals surface area contributed by atoms with Gasteiger partial charge in [-0.2, -0.15) is 5.10 Å². The molecular formula is C18H20ClN3O. The molecule has 5 heteroatoms. The van der Waals surface area contributed by atoms with Crippen LogP contribution in [0.2, 0.25) is 5.02 Å². The van der Waals surface area contributed by atoms with E-state index in [4.69, 9.17) is 11.6 Å². The van der Waals surface area contributed by atoms with Crippen LogP contribution in [0.1, 0.15) is 59.0 Å². The number of H-pyrrole nitrogens is 1. The number of halogens is 1. The summed E-state index contributed by atoms with van der Waals surface area (Å²) in [6.45, 7) is 0.774. The van der Waals surface area contributed by atoms with Gasteiger partial charge in [-0.25, -0.2) is 0 Å². The van der Waals surface area contributed by atoms with Crippen LogP contribution in [0.3, 0.4) is 0 Å². The number of likely N-dealkylation sites (tertiary alicyclic amines) is 1. The monoisotopic (exact) mass is 329 g/mol. The number of aromatic nitrogens is 2. The molecule has 1 aromatic carbocycles. The molecular weight excluding hydrogens is 310 g/mol. The average Bonchev–Trinajstić information content (AvgIpc) is 3.22. The summed E-state index contributed by atoms with van der Waals surface area (Å²) >= 11 is 6.35. The lowest BCUT2D eigenvalue weighted by atomic mass is 9.95. The van der Waals surface area contributed by atoms with E-state index in [1.165, 1.54) is 6.42 Å². The summed E-state index contributed by atoms with van der Waals surface area (Å²) in [5, 5.41) is 8.15. The molecule has 0 bridgehead atoms.